The molecule has 0 aromatic heterocycles. The third-order valence-corrected chi connectivity index (χ3v) is 6.94. The van der Waals surface area contributed by atoms with Gasteiger partial charge in [-0.05, 0) is 60.7 Å². The lowest BCUT2D eigenvalue weighted by molar-refractivity contribution is -0.123. The van der Waals surface area contributed by atoms with Gasteiger partial charge < -0.3 is 4.74 Å². The van der Waals surface area contributed by atoms with Crippen LogP contribution < -0.4 is 15.6 Å². The fraction of sp³-hybridized carbons (Fsp3) is 0.364. The number of carbonyl (C=O) groups is 2. The topological polar surface area (TPSA) is 105 Å². The van der Waals surface area contributed by atoms with Crippen molar-refractivity contribution in [1.29, 1.82) is 0 Å². The highest BCUT2D eigenvalue weighted by molar-refractivity contribution is 7.89. The fourth-order valence-electron chi connectivity index (χ4n) is 3.20. The number of hydrogen-bond donors (Lipinski definition) is 2. The Labute approximate surface area is 182 Å². The predicted octanol–water partition coefficient (Wildman–Crippen LogP) is 2.43. The van der Waals surface area contributed by atoms with E-state index in [2.05, 4.69) is 24.7 Å². The number of rotatable bonds is 7. The Balaban J connectivity index is 1.50. The summed E-state index contributed by atoms with van der Waals surface area (Å²) in [6, 6.07) is 13.1. The van der Waals surface area contributed by atoms with E-state index < -0.39 is 21.8 Å². The van der Waals surface area contributed by atoms with Crippen LogP contribution in [-0.2, 0) is 14.8 Å². The first kappa shape index (κ1) is 22.8. The van der Waals surface area contributed by atoms with Crippen LogP contribution in [0.15, 0.2) is 53.4 Å². The van der Waals surface area contributed by atoms with E-state index in [1.54, 1.807) is 6.07 Å². The smallest absolute Gasteiger partial charge is 0.276 e. The second-order valence-electron chi connectivity index (χ2n) is 7.65. The molecule has 1 heterocycles. The molecule has 1 aliphatic heterocycles. The second-order valence-corrected chi connectivity index (χ2v) is 9.59. The van der Waals surface area contributed by atoms with Crippen molar-refractivity contribution in [2.75, 3.05) is 19.7 Å². The van der Waals surface area contributed by atoms with E-state index in [0.29, 0.717) is 24.8 Å². The van der Waals surface area contributed by atoms with Crippen molar-refractivity contribution in [1.82, 2.24) is 15.2 Å². The number of nitrogens with one attached hydrogen (secondary N) is 2. The van der Waals surface area contributed by atoms with Crippen LogP contribution in [0.25, 0.3) is 0 Å². The zero-order chi connectivity index (χ0) is 22.4. The summed E-state index contributed by atoms with van der Waals surface area (Å²) in [7, 11) is -3.53. The molecule has 2 amide bonds. The summed E-state index contributed by atoms with van der Waals surface area (Å²) in [6.45, 7) is 4.90. The Kier molecular flexibility index (Phi) is 7.29. The van der Waals surface area contributed by atoms with Gasteiger partial charge in [-0.2, -0.15) is 4.31 Å². The van der Waals surface area contributed by atoms with Crippen LogP contribution in [0.3, 0.4) is 0 Å². The molecule has 8 nitrogen and oxygen atoms in total. The summed E-state index contributed by atoms with van der Waals surface area (Å²) in [5.41, 5.74) is 5.91. The van der Waals surface area contributed by atoms with E-state index in [4.69, 9.17) is 4.74 Å². The third kappa shape index (κ3) is 5.83. The van der Waals surface area contributed by atoms with E-state index in [1.807, 2.05) is 18.2 Å². The lowest BCUT2D eigenvalue weighted by atomic mass is 10.0. The van der Waals surface area contributed by atoms with Gasteiger partial charge in [0, 0.05) is 18.7 Å². The monoisotopic (exact) mass is 445 g/mol. The van der Waals surface area contributed by atoms with Crippen molar-refractivity contribution >= 4 is 21.8 Å². The number of sulfonamides is 1. The van der Waals surface area contributed by atoms with Crippen LogP contribution in [0, 0.1) is 0 Å². The maximum Gasteiger partial charge on any atom is 0.276 e. The third-order valence-electron chi connectivity index (χ3n) is 5.03. The predicted molar refractivity (Wildman–Crippen MR) is 116 cm³/mol. The molecule has 1 aliphatic rings. The first-order chi connectivity index (χ1) is 14.8. The summed E-state index contributed by atoms with van der Waals surface area (Å²) >= 11 is 0. The minimum absolute atomic E-state index is 0.145. The molecule has 0 aliphatic carbocycles. The number of carbonyl (C=O) groups excluding carboxylic acids is 2. The van der Waals surface area contributed by atoms with E-state index in [0.717, 1.165) is 18.4 Å². The lowest BCUT2D eigenvalue weighted by Crippen LogP contribution is -2.43. The number of nitrogens with zero attached hydrogens (tertiary/aromatic N) is 1. The van der Waals surface area contributed by atoms with Crippen LogP contribution in [0.1, 0.15) is 48.5 Å². The molecule has 9 heteroatoms. The van der Waals surface area contributed by atoms with E-state index in [9.17, 15) is 18.0 Å². The van der Waals surface area contributed by atoms with Crippen LogP contribution in [-0.4, -0.2) is 44.2 Å². The average molecular weight is 446 g/mol. The molecule has 0 bridgehead atoms. The Morgan fingerprint density at radius 2 is 1.71 bits per heavy atom. The van der Waals surface area contributed by atoms with Gasteiger partial charge >= 0.3 is 0 Å². The summed E-state index contributed by atoms with van der Waals surface area (Å²) in [4.78, 5) is 24.3. The standard InChI is InChI=1S/C22H27N3O5S/c1-16(2)18-6-5-7-19(14-18)30-15-21(26)23-24-22(27)17-8-10-20(11-9-17)31(28,29)25-12-3-4-13-25/h5-11,14,16H,3-4,12-13,15H2,1-2H3,(H,23,26)(H,24,27). The molecule has 31 heavy (non-hydrogen) atoms. The first-order valence-corrected chi connectivity index (χ1v) is 11.6. The number of benzene rings is 2. The number of amides is 2. The summed E-state index contributed by atoms with van der Waals surface area (Å²) in [6.07, 6.45) is 1.71. The summed E-state index contributed by atoms with van der Waals surface area (Å²) < 4.78 is 32.0. The molecule has 0 unspecified atom stereocenters. The summed E-state index contributed by atoms with van der Waals surface area (Å²) in [5.74, 6) is -0.160. The highest BCUT2D eigenvalue weighted by Gasteiger charge is 2.27. The Bertz CT molecular complexity index is 1030. The minimum Gasteiger partial charge on any atom is -0.484 e. The van der Waals surface area contributed by atoms with Gasteiger partial charge in [0.05, 0.1) is 4.90 Å². The molecule has 0 atom stereocenters. The van der Waals surface area contributed by atoms with Gasteiger partial charge in [0.25, 0.3) is 11.8 Å². The SMILES string of the molecule is CC(C)c1cccc(OCC(=O)NNC(=O)c2ccc(S(=O)(=O)N3CCCC3)cc2)c1. The fourth-order valence-corrected chi connectivity index (χ4v) is 4.72. The molecule has 1 saturated heterocycles. The molecule has 3 rings (SSSR count). The first-order valence-electron chi connectivity index (χ1n) is 10.2. The van der Waals surface area contributed by atoms with E-state index in [-0.39, 0.29) is 17.1 Å². The molecule has 2 N–H and O–H groups in total. The normalized spacial score (nSPS) is 14.4. The van der Waals surface area contributed by atoms with Gasteiger partial charge in [0.2, 0.25) is 10.0 Å². The van der Waals surface area contributed by atoms with Crippen molar-refractivity contribution in [3.8, 4) is 5.75 Å². The molecule has 166 valence electrons. The largest absolute Gasteiger partial charge is 0.484 e. The van der Waals surface area contributed by atoms with Gasteiger partial charge in [-0.3, -0.25) is 20.4 Å². The molecule has 0 spiro atoms. The zero-order valence-corrected chi connectivity index (χ0v) is 18.4. The van der Waals surface area contributed by atoms with Gasteiger partial charge in [0.1, 0.15) is 5.75 Å². The van der Waals surface area contributed by atoms with Crippen LogP contribution in [0.5, 0.6) is 5.75 Å². The van der Waals surface area contributed by atoms with Crippen molar-refractivity contribution in [2.24, 2.45) is 0 Å². The van der Waals surface area contributed by atoms with Gasteiger partial charge in [-0.25, -0.2) is 8.42 Å². The average Bonchev–Trinajstić information content (AvgIpc) is 3.32. The van der Waals surface area contributed by atoms with Crippen LogP contribution in [0.2, 0.25) is 0 Å². The maximum absolute atomic E-state index is 12.5. The van der Waals surface area contributed by atoms with Crippen LogP contribution in [0.4, 0.5) is 0 Å². The van der Waals surface area contributed by atoms with Crippen LogP contribution >= 0.6 is 0 Å². The molecular weight excluding hydrogens is 418 g/mol. The van der Waals surface area contributed by atoms with Gasteiger partial charge in [-0.15, -0.1) is 0 Å². The van der Waals surface area contributed by atoms with Crippen molar-refractivity contribution in [3.63, 3.8) is 0 Å². The van der Waals surface area contributed by atoms with Crippen molar-refractivity contribution < 1.29 is 22.7 Å². The second kappa shape index (κ2) is 9.93. The van der Waals surface area contributed by atoms with Crippen molar-refractivity contribution in [3.05, 3.63) is 59.7 Å². The quantitative estimate of drug-likeness (QED) is 0.637. The summed E-state index contributed by atoms with van der Waals surface area (Å²) in [5, 5.41) is 0. The van der Waals surface area contributed by atoms with Gasteiger partial charge in [0.15, 0.2) is 6.61 Å². The molecule has 0 radical (unpaired) electrons. The molecular formula is C22H27N3O5S. The highest BCUT2D eigenvalue weighted by Crippen LogP contribution is 2.21. The number of ether oxygens (including phenoxy) is 1. The van der Waals surface area contributed by atoms with Gasteiger partial charge in [-0.1, -0.05) is 26.0 Å². The Morgan fingerprint density at radius 1 is 1.03 bits per heavy atom. The molecule has 2 aromatic rings. The number of hydrazine groups is 1. The minimum atomic E-state index is -3.53. The van der Waals surface area contributed by atoms with E-state index in [1.165, 1.54) is 28.6 Å². The molecule has 1 fully saturated rings. The van der Waals surface area contributed by atoms with E-state index >= 15 is 0 Å². The highest BCUT2D eigenvalue weighted by atomic mass is 32.2. The Morgan fingerprint density at radius 3 is 2.35 bits per heavy atom. The Hall–Kier alpha value is -2.91. The molecule has 2 aromatic carbocycles. The number of hydrogen-bond acceptors (Lipinski definition) is 5. The molecule has 0 saturated carbocycles. The zero-order valence-electron chi connectivity index (χ0n) is 17.6. The maximum atomic E-state index is 12.5. The lowest BCUT2D eigenvalue weighted by Gasteiger charge is -2.15. The van der Waals surface area contributed by atoms with Crippen molar-refractivity contribution in [2.45, 2.75) is 37.5 Å².